The highest BCUT2D eigenvalue weighted by Gasteiger charge is 2.31. The number of fused-ring (bicyclic) bond motifs is 1. The molecule has 0 aliphatic carbocycles. The molecule has 18 heavy (non-hydrogen) atoms. The van der Waals surface area contributed by atoms with Gasteiger partial charge in [-0.1, -0.05) is 18.2 Å². The Hall–Kier alpha value is -1.85. The van der Waals surface area contributed by atoms with Crippen LogP contribution in [-0.4, -0.2) is 14.8 Å². The summed E-state index contributed by atoms with van der Waals surface area (Å²) in [5.74, 6) is -0.676. The van der Waals surface area contributed by atoms with Gasteiger partial charge in [0.15, 0.2) is 0 Å². The molecule has 0 saturated carbocycles. The molecule has 2 aromatic rings. The minimum absolute atomic E-state index is 0.286. The van der Waals surface area contributed by atoms with Gasteiger partial charge in [-0.05, 0) is 18.1 Å². The second-order valence-corrected chi connectivity index (χ2v) is 4.21. The van der Waals surface area contributed by atoms with Crippen LogP contribution in [0, 0.1) is 5.82 Å². The van der Waals surface area contributed by atoms with E-state index in [2.05, 4.69) is 10.1 Å². The van der Waals surface area contributed by atoms with E-state index in [0.717, 1.165) is 0 Å². The lowest BCUT2D eigenvalue weighted by Crippen LogP contribution is -2.01. The SMILES string of the molecule is Fc1ccccc1[C@@H]1CCn2nc(C(F)F)nc21. The van der Waals surface area contributed by atoms with Gasteiger partial charge in [0.05, 0.1) is 0 Å². The van der Waals surface area contributed by atoms with Gasteiger partial charge in [-0.2, -0.15) is 0 Å². The van der Waals surface area contributed by atoms with Crippen LogP contribution in [0.3, 0.4) is 0 Å². The summed E-state index contributed by atoms with van der Waals surface area (Å²) in [6, 6.07) is 6.35. The molecule has 0 saturated heterocycles. The van der Waals surface area contributed by atoms with Gasteiger partial charge in [-0.15, -0.1) is 5.10 Å². The number of rotatable bonds is 2. The highest BCUT2D eigenvalue weighted by Crippen LogP contribution is 2.34. The van der Waals surface area contributed by atoms with Crippen molar-refractivity contribution in [3.05, 3.63) is 47.3 Å². The Kier molecular flexibility index (Phi) is 2.57. The van der Waals surface area contributed by atoms with Crippen LogP contribution in [0.15, 0.2) is 24.3 Å². The Labute approximate surface area is 101 Å². The lowest BCUT2D eigenvalue weighted by molar-refractivity contribution is 0.139. The van der Waals surface area contributed by atoms with Gasteiger partial charge in [0.1, 0.15) is 11.6 Å². The quantitative estimate of drug-likeness (QED) is 0.823. The van der Waals surface area contributed by atoms with E-state index in [4.69, 9.17) is 0 Å². The third-order valence-electron chi connectivity index (χ3n) is 3.13. The predicted octanol–water partition coefficient (Wildman–Crippen LogP) is 2.89. The lowest BCUT2D eigenvalue weighted by Gasteiger charge is -2.09. The molecule has 1 aliphatic heterocycles. The smallest absolute Gasteiger partial charge is 0.249 e. The molecule has 0 fully saturated rings. The van der Waals surface area contributed by atoms with Crippen LogP contribution in [0.25, 0.3) is 0 Å². The second-order valence-electron chi connectivity index (χ2n) is 4.21. The van der Waals surface area contributed by atoms with Crippen molar-refractivity contribution in [3.63, 3.8) is 0 Å². The number of halogens is 3. The number of aryl methyl sites for hydroxylation is 1. The highest BCUT2D eigenvalue weighted by atomic mass is 19.3. The molecule has 0 unspecified atom stereocenters. The molecule has 3 rings (SSSR count). The zero-order chi connectivity index (χ0) is 12.7. The van der Waals surface area contributed by atoms with Gasteiger partial charge in [0, 0.05) is 12.5 Å². The van der Waals surface area contributed by atoms with Crippen LogP contribution in [0.5, 0.6) is 0 Å². The number of nitrogens with zero attached hydrogens (tertiary/aromatic N) is 3. The van der Waals surface area contributed by atoms with Crippen LogP contribution in [-0.2, 0) is 6.54 Å². The number of alkyl halides is 2. The maximum atomic E-state index is 13.7. The normalized spacial score (nSPS) is 18.3. The first-order chi connectivity index (χ1) is 8.66. The van der Waals surface area contributed by atoms with E-state index in [0.29, 0.717) is 24.4 Å². The van der Waals surface area contributed by atoms with E-state index in [9.17, 15) is 13.2 Å². The van der Waals surface area contributed by atoms with Crippen LogP contribution >= 0.6 is 0 Å². The molecule has 0 amide bonds. The summed E-state index contributed by atoms with van der Waals surface area (Å²) in [6.45, 7) is 0.494. The summed E-state index contributed by atoms with van der Waals surface area (Å²) in [7, 11) is 0. The van der Waals surface area contributed by atoms with Gasteiger partial charge >= 0.3 is 0 Å². The van der Waals surface area contributed by atoms with E-state index in [1.165, 1.54) is 10.7 Å². The van der Waals surface area contributed by atoms with E-state index in [1.807, 2.05) is 0 Å². The van der Waals surface area contributed by atoms with Crippen LogP contribution in [0.4, 0.5) is 13.2 Å². The fraction of sp³-hybridized carbons (Fsp3) is 0.333. The Balaban J connectivity index is 2.02. The molecule has 94 valence electrons. The zero-order valence-electron chi connectivity index (χ0n) is 9.35. The van der Waals surface area contributed by atoms with Crippen molar-refractivity contribution in [2.24, 2.45) is 0 Å². The molecule has 0 spiro atoms. The first-order valence-electron chi connectivity index (χ1n) is 5.64. The number of hydrogen-bond donors (Lipinski definition) is 0. The Morgan fingerprint density at radius 1 is 1.28 bits per heavy atom. The molecule has 2 heterocycles. The van der Waals surface area contributed by atoms with Gasteiger partial charge < -0.3 is 0 Å². The van der Waals surface area contributed by atoms with Crippen LogP contribution in [0.1, 0.15) is 36.0 Å². The zero-order valence-corrected chi connectivity index (χ0v) is 9.35. The van der Waals surface area contributed by atoms with Crippen molar-refractivity contribution >= 4 is 0 Å². The summed E-state index contributed by atoms with van der Waals surface area (Å²) in [4.78, 5) is 3.82. The summed E-state index contributed by atoms with van der Waals surface area (Å²) in [5.41, 5.74) is 0.490. The first-order valence-corrected chi connectivity index (χ1v) is 5.64. The molecule has 6 heteroatoms. The average Bonchev–Trinajstić information content (AvgIpc) is 2.89. The monoisotopic (exact) mass is 253 g/mol. The predicted molar refractivity (Wildman–Crippen MR) is 57.8 cm³/mol. The van der Waals surface area contributed by atoms with Gasteiger partial charge in [-0.3, -0.25) is 0 Å². The van der Waals surface area contributed by atoms with Crippen LogP contribution < -0.4 is 0 Å². The van der Waals surface area contributed by atoms with Crippen molar-refractivity contribution in [3.8, 4) is 0 Å². The highest BCUT2D eigenvalue weighted by molar-refractivity contribution is 5.29. The second kappa shape index (κ2) is 4.12. The molecule has 1 aliphatic rings. The molecular formula is C12H10F3N3. The Morgan fingerprint density at radius 3 is 2.78 bits per heavy atom. The van der Waals surface area contributed by atoms with Crippen molar-refractivity contribution in [1.29, 1.82) is 0 Å². The molecular weight excluding hydrogens is 243 g/mol. The number of hydrogen-bond acceptors (Lipinski definition) is 2. The number of aromatic nitrogens is 3. The largest absolute Gasteiger partial charge is 0.299 e. The third kappa shape index (κ3) is 1.68. The molecule has 0 N–H and O–H groups in total. The molecule has 1 aromatic carbocycles. The van der Waals surface area contributed by atoms with Crippen molar-refractivity contribution in [2.75, 3.05) is 0 Å². The standard InChI is InChI=1S/C12H10F3N3/c13-9-4-2-1-3-7(9)8-5-6-18-12(8)16-11(17-18)10(14)15/h1-4,8,10H,5-6H2/t8-/m0/s1. The Bertz CT molecular complexity index is 580. The number of benzene rings is 1. The van der Waals surface area contributed by atoms with Gasteiger partial charge in [0.2, 0.25) is 5.82 Å². The van der Waals surface area contributed by atoms with Crippen LogP contribution in [0.2, 0.25) is 0 Å². The maximum absolute atomic E-state index is 13.7. The minimum atomic E-state index is -2.69. The van der Waals surface area contributed by atoms with E-state index < -0.39 is 12.2 Å². The van der Waals surface area contributed by atoms with Crippen molar-refractivity contribution in [1.82, 2.24) is 14.8 Å². The first kappa shape index (κ1) is 11.3. The summed E-state index contributed by atoms with van der Waals surface area (Å²) >= 11 is 0. The summed E-state index contributed by atoms with van der Waals surface area (Å²) in [5, 5.41) is 3.73. The van der Waals surface area contributed by atoms with Crippen molar-refractivity contribution < 1.29 is 13.2 Å². The van der Waals surface area contributed by atoms with Crippen molar-refractivity contribution in [2.45, 2.75) is 25.3 Å². The average molecular weight is 253 g/mol. The van der Waals surface area contributed by atoms with E-state index >= 15 is 0 Å². The fourth-order valence-corrected chi connectivity index (χ4v) is 2.32. The molecule has 1 atom stereocenters. The maximum Gasteiger partial charge on any atom is 0.299 e. The summed E-state index contributed by atoms with van der Waals surface area (Å²) < 4.78 is 40.2. The fourth-order valence-electron chi connectivity index (χ4n) is 2.32. The third-order valence-corrected chi connectivity index (χ3v) is 3.13. The summed E-state index contributed by atoms with van der Waals surface area (Å²) in [6.07, 6.45) is -2.05. The minimum Gasteiger partial charge on any atom is -0.249 e. The molecule has 1 aromatic heterocycles. The van der Waals surface area contributed by atoms with E-state index in [-0.39, 0.29) is 11.7 Å². The molecule has 0 bridgehead atoms. The molecule has 0 radical (unpaired) electrons. The topological polar surface area (TPSA) is 30.7 Å². The lowest BCUT2D eigenvalue weighted by atomic mass is 9.97. The van der Waals surface area contributed by atoms with Gasteiger partial charge in [0.25, 0.3) is 6.43 Å². The van der Waals surface area contributed by atoms with Gasteiger partial charge in [-0.25, -0.2) is 22.8 Å². The Morgan fingerprint density at radius 2 is 2.06 bits per heavy atom. The molecule has 3 nitrogen and oxygen atoms in total. The van der Waals surface area contributed by atoms with E-state index in [1.54, 1.807) is 18.2 Å².